The van der Waals surface area contributed by atoms with Crippen molar-refractivity contribution in [3.63, 3.8) is 0 Å². The van der Waals surface area contributed by atoms with Gasteiger partial charge in [-0.05, 0) is 25.0 Å². The van der Waals surface area contributed by atoms with E-state index in [-0.39, 0.29) is 5.97 Å². The molecule has 0 N–H and O–H groups in total. The van der Waals surface area contributed by atoms with Gasteiger partial charge >= 0.3 is 5.97 Å². The number of benzene rings is 1. The van der Waals surface area contributed by atoms with Crippen LogP contribution in [-0.2, 0) is 16.0 Å². The fourth-order valence-corrected chi connectivity index (χ4v) is 1.83. The van der Waals surface area contributed by atoms with Crippen molar-refractivity contribution in [1.29, 1.82) is 0 Å². The minimum atomic E-state index is -0.223. The van der Waals surface area contributed by atoms with Crippen LogP contribution in [0.25, 0.3) is 0 Å². The molecule has 19 heavy (non-hydrogen) atoms. The summed E-state index contributed by atoms with van der Waals surface area (Å²) in [7, 11) is 4.68. The van der Waals surface area contributed by atoms with Gasteiger partial charge in [0.2, 0.25) is 5.75 Å². The van der Waals surface area contributed by atoms with Crippen molar-refractivity contribution in [2.24, 2.45) is 0 Å². The predicted octanol–water partition coefficient (Wildman–Crippen LogP) is 2.21. The van der Waals surface area contributed by atoms with Crippen LogP contribution in [0.4, 0.5) is 0 Å². The van der Waals surface area contributed by atoms with Crippen molar-refractivity contribution >= 4 is 5.97 Å². The summed E-state index contributed by atoms with van der Waals surface area (Å²) in [5.74, 6) is 1.50. The zero-order valence-corrected chi connectivity index (χ0v) is 11.8. The summed E-state index contributed by atoms with van der Waals surface area (Å²) in [6.07, 6.45) is 0.835. The highest BCUT2D eigenvalue weighted by atomic mass is 16.5. The molecule has 0 bridgehead atoms. The normalized spacial score (nSPS) is 9.89. The second-order valence-corrected chi connectivity index (χ2v) is 3.80. The molecule has 0 aliphatic carbocycles. The number of methoxy groups -OCH3 is 3. The first kappa shape index (κ1) is 15.1. The first-order chi connectivity index (χ1) is 9.17. The molecule has 0 heterocycles. The van der Waals surface area contributed by atoms with Crippen LogP contribution in [0.15, 0.2) is 12.1 Å². The van der Waals surface area contributed by atoms with Gasteiger partial charge in [0.15, 0.2) is 11.5 Å². The fraction of sp³-hybridized carbons (Fsp3) is 0.500. The lowest BCUT2D eigenvalue weighted by atomic mass is 10.1. The maximum Gasteiger partial charge on any atom is 0.306 e. The molecule has 0 aliphatic heterocycles. The molecule has 5 heteroatoms. The zero-order chi connectivity index (χ0) is 14.3. The number of carbonyl (C=O) groups excluding carboxylic acids is 1. The number of ether oxygens (including phenoxy) is 4. The molecule has 0 spiro atoms. The summed E-state index contributed by atoms with van der Waals surface area (Å²) in [5.41, 5.74) is 0.883. The Morgan fingerprint density at radius 3 is 2.26 bits per heavy atom. The smallest absolute Gasteiger partial charge is 0.306 e. The lowest BCUT2D eigenvalue weighted by Crippen LogP contribution is -2.06. The third-order valence-corrected chi connectivity index (χ3v) is 2.69. The van der Waals surface area contributed by atoms with E-state index in [2.05, 4.69) is 0 Å². The largest absolute Gasteiger partial charge is 0.493 e. The molecule has 0 amide bonds. The van der Waals surface area contributed by atoms with Crippen LogP contribution in [0.5, 0.6) is 17.2 Å². The van der Waals surface area contributed by atoms with E-state index in [1.807, 2.05) is 6.07 Å². The standard InChI is InChI=1S/C14H20O5/c1-5-19-12(15)9-7-10-6-8-11(16-2)14(18-4)13(10)17-3/h6,8H,5,7,9H2,1-4H3. The monoisotopic (exact) mass is 268 g/mol. The number of esters is 1. The number of carbonyl (C=O) groups is 1. The molecule has 106 valence electrons. The van der Waals surface area contributed by atoms with E-state index >= 15 is 0 Å². The average Bonchev–Trinajstić information content (AvgIpc) is 2.43. The molecule has 0 aromatic heterocycles. The molecule has 0 saturated heterocycles. The second kappa shape index (κ2) is 7.51. The van der Waals surface area contributed by atoms with E-state index in [1.54, 1.807) is 34.3 Å². The lowest BCUT2D eigenvalue weighted by Gasteiger charge is -2.15. The van der Waals surface area contributed by atoms with Gasteiger partial charge in [-0.2, -0.15) is 0 Å². The Kier molecular flexibility index (Phi) is 5.99. The van der Waals surface area contributed by atoms with E-state index in [9.17, 15) is 4.79 Å². The van der Waals surface area contributed by atoms with Crippen molar-refractivity contribution in [2.45, 2.75) is 19.8 Å². The van der Waals surface area contributed by atoms with E-state index in [4.69, 9.17) is 18.9 Å². The highest BCUT2D eigenvalue weighted by Crippen LogP contribution is 2.40. The minimum Gasteiger partial charge on any atom is -0.493 e. The zero-order valence-electron chi connectivity index (χ0n) is 11.8. The topological polar surface area (TPSA) is 54.0 Å². The number of aryl methyl sites for hydroxylation is 1. The molecule has 1 rings (SSSR count). The highest BCUT2D eigenvalue weighted by Gasteiger charge is 2.16. The third-order valence-electron chi connectivity index (χ3n) is 2.69. The molecule has 0 atom stereocenters. The Bertz CT molecular complexity index is 428. The van der Waals surface area contributed by atoms with Crippen LogP contribution in [0.3, 0.4) is 0 Å². The van der Waals surface area contributed by atoms with Gasteiger partial charge in [-0.3, -0.25) is 4.79 Å². The van der Waals surface area contributed by atoms with Gasteiger partial charge < -0.3 is 18.9 Å². The van der Waals surface area contributed by atoms with E-state index in [0.29, 0.717) is 36.7 Å². The van der Waals surface area contributed by atoms with Gasteiger partial charge in [-0.1, -0.05) is 6.07 Å². The number of hydrogen-bond donors (Lipinski definition) is 0. The SMILES string of the molecule is CCOC(=O)CCc1ccc(OC)c(OC)c1OC. The first-order valence-corrected chi connectivity index (χ1v) is 6.11. The summed E-state index contributed by atoms with van der Waals surface area (Å²) in [6.45, 7) is 2.18. The van der Waals surface area contributed by atoms with Crippen LogP contribution < -0.4 is 14.2 Å². The number of rotatable bonds is 7. The van der Waals surface area contributed by atoms with Crippen molar-refractivity contribution in [2.75, 3.05) is 27.9 Å². The Morgan fingerprint density at radius 2 is 1.74 bits per heavy atom. The van der Waals surface area contributed by atoms with Crippen molar-refractivity contribution < 1.29 is 23.7 Å². The van der Waals surface area contributed by atoms with Gasteiger partial charge in [-0.25, -0.2) is 0 Å². The summed E-state index contributed by atoms with van der Waals surface area (Å²) in [5, 5.41) is 0. The Labute approximate surface area is 113 Å². The van der Waals surface area contributed by atoms with E-state index < -0.39 is 0 Å². The number of hydrogen-bond acceptors (Lipinski definition) is 5. The molecule has 1 aromatic rings. The summed E-state index contributed by atoms with van der Waals surface area (Å²) in [4.78, 5) is 11.4. The van der Waals surface area contributed by atoms with Crippen molar-refractivity contribution in [1.82, 2.24) is 0 Å². The molecule has 0 unspecified atom stereocenters. The lowest BCUT2D eigenvalue weighted by molar-refractivity contribution is -0.143. The van der Waals surface area contributed by atoms with Gasteiger partial charge in [0.1, 0.15) is 0 Å². The second-order valence-electron chi connectivity index (χ2n) is 3.80. The average molecular weight is 268 g/mol. The third kappa shape index (κ3) is 3.77. The van der Waals surface area contributed by atoms with Crippen LogP contribution in [0.1, 0.15) is 18.9 Å². The van der Waals surface area contributed by atoms with Gasteiger partial charge in [0, 0.05) is 6.42 Å². The predicted molar refractivity (Wildman–Crippen MR) is 71.1 cm³/mol. The maximum absolute atomic E-state index is 11.4. The summed E-state index contributed by atoms with van der Waals surface area (Å²) >= 11 is 0. The molecule has 0 aliphatic rings. The quantitative estimate of drug-likeness (QED) is 0.710. The van der Waals surface area contributed by atoms with Gasteiger partial charge in [-0.15, -0.1) is 0 Å². The Balaban J connectivity index is 2.92. The van der Waals surface area contributed by atoms with E-state index in [0.717, 1.165) is 5.56 Å². The van der Waals surface area contributed by atoms with Gasteiger partial charge in [0.05, 0.1) is 27.9 Å². The van der Waals surface area contributed by atoms with Crippen molar-refractivity contribution in [3.8, 4) is 17.2 Å². The molecular weight excluding hydrogens is 248 g/mol. The van der Waals surface area contributed by atoms with Crippen LogP contribution in [0.2, 0.25) is 0 Å². The highest BCUT2D eigenvalue weighted by molar-refractivity contribution is 5.70. The molecular formula is C14H20O5. The fourth-order valence-electron chi connectivity index (χ4n) is 1.83. The maximum atomic E-state index is 11.4. The molecule has 1 aromatic carbocycles. The molecule has 5 nitrogen and oxygen atoms in total. The Hall–Kier alpha value is -1.91. The molecule has 0 fully saturated rings. The van der Waals surface area contributed by atoms with E-state index in [1.165, 1.54) is 0 Å². The minimum absolute atomic E-state index is 0.223. The summed E-state index contributed by atoms with van der Waals surface area (Å²) < 4.78 is 20.7. The van der Waals surface area contributed by atoms with Crippen LogP contribution in [0, 0.1) is 0 Å². The van der Waals surface area contributed by atoms with Crippen LogP contribution in [-0.4, -0.2) is 33.9 Å². The molecule has 0 saturated carbocycles. The Morgan fingerprint density at radius 1 is 1.05 bits per heavy atom. The summed E-state index contributed by atoms with van der Waals surface area (Å²) in [6, 6.07) is 3.65. The van der Waals surface area contributed by atoms with Crippen LogP contribution >= 0.6 is 0 Å². The molecule has 0 radical (unpaired) electrons. The first-order valence-electron chi connectivity index (χ1n) is 6.11. The van der Waals surface area contributed by atoms with Crippen molar-refractivity contribution in [3.05, 3.63) is 17.7 Å². The van der Waals surface area contributed by atoms with Gasteiger partial charge in [0.25, 0.3) is 0 Å².